The number of carbonyl (C=O) groups excluding carboxylic acids is 3. The van der Waals surface area contributed by atoms with E-state index in [2.05, 4.69) is 19.2 Å². The van der Waals surface area contributed by atoms with E-state index in [4.69, 9.17) is 4.42 Å². The van der Waals surface area contributed by atoms with E-state index < -0.39 is 22.8 Å². The van der Waals surface area contributed by atoms with Crippen LogP contribution >= 0.6 is 0 Å². The molecule has 172 valence electrons. The summed E-state index contributed by atoms with van der Waals surface area (Å²) in [5.41, 5.74) is 1.71. The Morgan fingerprint density at radius 3 is 2.32 bits per heavy atom. The van der Waals surface area contributed by atoms with Crippen LogP contribution in [0.25, 0.3) is 17.4 Å². The van der Waals surface area contributed by atoms with Gasteiger partial charge in [0, 0.05) is 17.7 Å². The average Bonchev–Trinajstić information content (AvgIpc) is 3.30. The summed E-state index contributed by atoms with van der Waals surface area (Å²) in [5, 5.41) is 13.0. The lowest BCUT2D eigenvalue weighted by atomic mass is 9.98. The molecule has 1 aromatic heterocycles. The Morgan fingerprint density at radius 2 is 1.71 bits per heavy atom. The van der Waals surface area contributed by atoms with Gasteiger partial charge < -0.3 is 4.42 Å². The highest BCUT2D eigenvalue weighted by Crippen LogP contribution is 2.28. The molecule has 0 radical (unpaired) electrons. The molecular weight excluding hydrogens is 438 g/mol. The first-order valence-electron chi connectivity index (χ1n) is 10.6. The Bertz CT molecular complexity index is 1310. The Labute approximate surface area is 194 Å². The van der Waals surface area contributed by atoms with Crippen molar-refractivity contribution < 1.29 is 23.7 Å². The summed E-state index contributed by atoms with van der Waals surface area (Å²) >= 11 is 0. The van der Waals surface area contributed by atoms with Crippen LogP contribution in [0.3, 0.4) is 0 Å². The first-order chi connectivity index (χ1) is 16.3. The molecule has 1 atom stereocenters. The number of benzene rings is 2. The predicted octanol–water partition coefficient (Wildman–Crippen LogP) is 5.03. The molecule has 0 spiro atoms. The third-order valence-electron chi connectivity index (χ3n) is 5.71. The van der Waals surface area contributed by atoms with Crippen LogP contribution in [0.5, 0.6) is 0 Å². The number of nitro groups is 1. The van der Waals surface area contributed by atoms with E-state index in [1.54, 1.807) is 24.3 Å². The highest BCUT2D eigenvalue weighted by molar-refractivity contribution is 6.39. The van der Waals surface area contributed by atoms with E-state index >= 15 is 0 Å². The van der Waals surface area contributed by atoms with Gasteiger partial charge in [-0.25, -0.2) is 9.69 Å². The van der Waals surface area contributed by atoms with Gasteiger partial charge in [0.15, 0.2) is 0 Å². The fourth-order valence-corrected chi connectivity index (χ4v) is 3.55. The first-order valence-corrected chi connectivity index (χ1v) is 10.6. The number of nitro benzene ring substituents is 1. The predicted molar refractivity (Wildman–Crippen MR) is 125 cm³/mol. The van der Waals surface area contributed by atoms with Crippen molar-refractivity contribution in [1.29, 1.82) is 0 Å². The third-order valence-corrected chi connectivity index (χ3v) is 5.71. The standard InChI is InChI=1S/C25H21N3O6/c1-3-15(2)16-4-8-18(9-5-16)27-24(30)21(23(29)26-25(27)31)14-20-12-13-22(34-20)17-6-10-19(11-7-17)28(32)33/h4-15H,3H2,1-2H3,(H,26,29,31)/b21-14-. The van der Waals surface area contributed by atoms with Crippen LogP contribution in [-0.2, 0) is 9.59 Å². The molecule has 1 aliphatic heterocycles. The molecule has 9 nitrogen and oxygen atoms in total. The topological polar surface area (TPSA) is 123 Å². The van der Waals surface area contributed by atoms with Gasteiger partial charge in [0.2, 0.25) is 0 Å². The molecule has 3 aromatic rings. The summed E-state index contributed by atoms with van der Waals surface area (Å²) in [7, 11) is 0. The van der Waals surface area contributed by atoms with Gasteiger partial charge in [0.05, 0.1) is 10.6 Å². The smallest absolute Gasteiger partial charge is 0.335 e. The van der Waals surface area contributed by atoms with Gasteiger partial charge in [-0.3, -0.25) is 25.0 Å². The number of furan rings is 1. The Kier molecular flexibility index (Phi) is 6.09. The zero-order chi connectivity index (χ0) is 24.4. The third kappa shape index (κ3) is 4.36. The molecule has 4 amide bonds. The fourth-order valence-electron chi connectivity index (χ4n) is 3.55. The minimum atomic E-state index is -0.825. The van der Waals surface area contributed by atoms with Crippen molar-refractivity contribution in [3.8, 4) is 11.3 Å². The van der Waals surface area contributed by atoms with Crippen molar-refractivity contribution in [1.82, 2.24) is 5.32 Å². The van der Waals surface area contributed by atoms with E-state index in [9.17, 15) is 24.5 Å². The molecule has 0 aliphatic carbocycles. The summed E-state index contributed by atoms with van der Waals surface area (Å²) in [6.07, 6.45) is 2.22. The lowest BCUT2D eigenvalue weighted by Crippen LogP contribution is -2.54. The summed E-state index contributed by atoms with van der Waals surface area (Å²) in [6, 6.07) is 15.2. The normalized spacial score (nSPS) is 16.0. The highest BCUT2D eigenvalue weighted by Gasteiger charge is 2.37. The van der Waals surface area contributed by atoms with Crippen LogP contribution in [-0.4, -0.2) is 22.8 Å². The average molecular weight is 459 g/mol. The van der Waals surface area contributed by atoms with E-state index in [1.165, 1.54) is 30.3 Å². The Morgan fingerprint density at radius 1 is 1.03 bits per heavy atom. The van der Waals surface area contributed by atoms with Gasteiger partial charge in [0.25, 0.3) is 17.5 Å². The second-order valence-corrected chi connectivity index (χ2v) is 7.86. The second-order valence-electron chi connectivity index (χ2n) is 7.86. The number of non-ortho nitro benzene ring substituents is 1. The van der Waals surface area contributed by atoms with Crippen LogP contribution in [0.2, 0.25) is 0 Å². The number of rotatable bonds is 6. The molecule has 0 bridgehead atoms. The van der Waals surface area contributed by atoms with Gasteiger partial charge in [-0.05, 0) is 60.4 Å². The van der Waals surface area contributed by atoms with E-state index in [-0.39, 0.29) is 17.0 Å². The maximum Gasteiger partial charge on any atom is 0.335 e. The number of nitrogens with one attached hydrogen (secondary N) is 1. The zero-order valence-electron chi connectivity index (χ0n) is 18.5. The SMILES string of the molecule is CCC(C)c1ccc(N2C(=O)NC(=O)/C(=C/c3ccc(-c4ccc([N+](=O)[O-])cc4)o3)C2=O)cc1. The monoisotopic (exact) mass is 459 g/mol. The number of imide groups is 2. The van der Waals surface area contributed by atoms with Gasteiger partial charge in [-0.15, -0.1) is 0 Å². The lowest BCUT2D eigenvalue weighted by Gasteiger charge is -2.26. The molecule has 1 N–H and O–H groups in total. The summed E-state index contributed by atoms with van der Waals surface area (Å²) in [5.74, 6) is -0.637. The molecule has 9 heteroatoms. The summed E-state index contributed by atoms with van der Waals surface area (Å²) < 4.78 is 5.71. The maximum atomic E-state index is 13.1. The van der Waals surface area contributed by atoms with Gasteiger partial charge >= 0.3 is 6.03 Å². The molecule has 0 saturated carbocycles. The number of hydrogen-bond donors (Lipinski definition) is 1. The van der Waals surface area contributed by atoms with Gasteiger partial charge in [0.1, 0.15) is 17.1 Å². The number of hydrogen-bond acceptors (Lipinski definition) is 6. The van der Waals surface area contributed by atoms with E-state index in [1.807, 2.05) is 12.1 Å². The van der Waals surface area contributed by atoms with Gasteiger partial charge in [-0.2, -0.15) is 0 Å². The van der Waals surface area contributed by atoms with Crippen molar-refractivity contribution >= 4 is 35.3 Å². The van der Waals surface area contributed by atoms with Crippen molar-refractivity contribution in [3.63, 3.8) is 0 Å². The van der Waals surface area contributed by atoms with Gasteiger partial charge in [-0.1, -0.05) is 26.0 Å². The van der Waals surface area contributed by atoms with Crippen LogP contribution < -0.4 is 10.2 Å². The molecule has 2 heterocycles. The number of anilines is 1. The highest BCUT2D eigenvalue weighted by atomic mass is 16.6. The van der Waals surface area contributed by atoms with Crippen LogP contribution in [0.1, 0.15) is 37.5 Å². The Balaban J connectivity index is 1.60. The van der Waals surface area contributed by atoms with Crippen molar-refractivity contribution in [2.24, 2.45) is 0 Å². The van der Waals surface area contributed by atoms with Crippen molar-refractivity contribution in [2.75, 3.05) is 4.90 Å². The van der Waals surface area contributed by atoms with Crippen molar-refractivity contribution in [3.05, 3.63) is 87.7 Å². The van der Waals surface area contributed by atoms with E-state index in [0.717, 1.165) is 16.9 Å². The number of carbonyl (C=O) groups is 3. The lowest BCUT2D eigenvalue weighted by molar-refractivity contribution is -0.384. The molecular formula is C25H21N3O6. The molecule has 1 saturated heterocycles. The second kappa shape index (κ2) is 9.14. The number of nitrogens with zero attached hydrogens (tertiary/aromatic N) is 2. The van der Waals surface area contributed by atoms with Crippen LogP contribution in [0.15, 0.2) is 70.7 Å². The fraction of sp³-hybridized carbons (Fsp3) is 0.160. The van der Waals surface area contributed by atoms with Crippen molar-refractivity contribution in [2.45, 2.75) is 26.2 Å². The summed E-state index contributed by atoms with van der Waals surface area (Å²) in [6.45, 7) is 4.16. The number of barbiturate groups is 1. The quantitative estimate of drug-likeness (QED) is 0.239. The minimum absolute atomic E-state index is 0.0518. The largest absolute Gasteiger partial charge is 0.457 e. The maximum absolute atomic E-state index is 13.1. The molecule has 1 unspecified atom stereocenters. The molecule has 1 fully saturated rings. The molecule has 1 aliphatic rings. The summed E-state index contributed by atoms with van der Waals surface area (Å²) in [4.78, 5) is 49.1. The minimum Gasteiger partial charge on any atom is -0.457 e. The molecule has 2 aromatic carbocycles. The Hall–Kier alpha value is -4.53. The number of urea groups is 1. The van der Waals surface area contributed by atoms with E-state index in [0.29, 0.717) is 22.9 Å². The van der Waals surface area contributed by atoms with Crippen LogP contribution in [0, 0.1) is 10.1 Å². The molecule has 34 heavy (non-hydrogen) atoms. The van der Waals surface area contributed by atoms with Crippen LogP contribution in [0.4, 0.5) is 16.2 Å². The number of amides is 4. The zero-order valence-corrected chi connectivity index (χ0v) is 18.5. The molecule has 4 rings (SSSR count). The first kappa shape index (κ1) is 22.7.